The molecule has 0 bridgehead atoms. The van der Waals surface area contributed by atoms with Gasteiger partial charge in [-0.3, -0.25) is 0 Å². The molecule has 90 valence electrons. The quantitative estimate of drug-likeness (QED) is 0.497. The van der Waals surface area contributed by atoms with Crippen LogP contribution in [0.3, 0.4) is 0 Å². The molecule has 7 heteroatoms. The van der Waals surface area contributed by atoms with E-state index in [9.17, 15) is 13.2 Å². The molecule has 0 aliphatic rings. The molecule has 1 rings (SSSR count). The average molecular weight is 259 g/mol. The first kappa shape index (κ1) is 13.3. The maximum Gasteiger partial charge on any atom is 0.196 e. The average Bonchev–Trinajstić information content (AvgIpc) is 2.30. The fraction of sp³-hybridized carbons (Fsp3) is 0.200. The Labute approximate surface area is 101 Å². The van der Waals surface area contributed by atoms with Gasteiger partial charge in [0.2, 0.25) is 0 Å². The van der Waals surface area contributed by atoms with Gasteiger partial charge in [-0.25, -0.2) is 13.2 Å². The van der Waals surface area contributed by atoms with Gasteiger partial charge in [0.1, 0.15) is 0 Å². The van der Waals surface area contributed by atoms with Crippen LogP contribution in [-0.4, -0.2) is 11.7 Å². The molecule has 0 fully saturated rings. The van der Waals surface area contributed by atoms with Crippen LogP contribution in [0.1, 0.15) is 6.42 Å². The number of halogens is 3. The lowest BCUT2D eigenvalue weighted by Gasteiger charge is -2.10. The summed E-state index contributed by atoms with van der Waals surface area (Å²) in [6.07, 6.45) is 0.224. The molecule has 0 aliphatic heterocycles. The molecule has 2 N–H and O–H groups in total. The van der Waals surface area contributed by atoms with E-state index in [1.165, 1.54) is 0 Å². The lowest BCUT2D eigenvalue weighted by Crippen LogP contribution is -2.29. The summed E-state index contributed by atoms with van der Waals surface area (Å²) in [5, 5.41) is 13.3. The fourth-order valence-corrected chi connectivity index (χ4v) is 1.23. The van der Waals surface area contributed by atoms with E-state index in [-0.39, 0.29) is 23.8 Å². The topological polar surface area (TPSA) is 47.9 Å². The van der Waals surface area contributed by atoms with Crippen molar-refractivity contribution >= 4 is 23.0 Å². The lowest BCUT2D eigenvalue weighted by atomic mass is 10.3. The van der Waals surface area contributed by atoms with Gasteiger partial charge in [0.15, 0.2) is 22.6 Å². The van der Waals surface area contributed by atoms with Gasteiger partial charge in [-0.15, -0.1) is 0 Å². The van der Waals surface area contributed by atoms with Gasteiger partial charge in [0.05, 0.1) is 18.2 Å². The van der Waals surface area contributed by atoms with E-state index in [0.29, 0.717) is 0 Å². The molecule has 17 heavy (non-hydrogen) atoms. The van der Waals surface area contributed by atoms with Crippen molar-refractivity contribution in [3.05, 3.63) is 29.6 Å². The minimum absolute atomic E-state index is 0.0326. The third-order valence-corrected chi connectivity index (χ3v) is 2.05. The van der Waals surface area contributed by atoms with Crippen LogP contribution in [0, 0.1) is 28.8 Å². The Morgan fingerprint density at radius 3 is 2.65 bits per heavy atom. The maximum atomic E-state index is 13.2. The summed E-state index contributed by atoms with van der Waals surface area (Å²) in [5.74, 6) is -4.17. The molecular formula is C10H8F3N3S. The summed E-state index contributed by atoms with van der Waals surface area (Å²) in [6.45, 7) is 0.285. The molecule has 0 saturated carbocycles. The van der Waals surface area contributed by atoms with E-state index >= 15 is 0 Å². The molecule has 0 spiro atoms. The van der Waals surface area contributed by atoms with Crippen LogP contribution in [-0.2, 0) is 0 Å². The zero-order chi connectivity index (χ0) is 12.8. The number of thiocarbonyl (C=S) groups is 1. The Morgan fingerprint density at radius 2 is 2.00 bits per heavy atom. The second-order valence-electron chi connectivity index (χ2n) is 3.01. The number of anilines is 1. The zero-order valence-corrected chi connectivity index (χ0v) is 9.37. The highest BCUT2D eigenvalue weighted by atomic mass is 32.1. The van der Waals surface area contributed by atoms with Crippen molar-refractivity contribution in [1.82, 2.24) is 5.32 Å². The summed E-state index contributed by atoms with van der Waals surface area (Å²) < 4.78 is 38.7. The minimum atomic E-state index is -1.56. The van der Waals surface area contributed by atoms with Gasteiger partial charge >= 0.3 is 0 Å². The summed E-state index contributed by atoms with van der Waals surface area (Å²) >= 11 is 4.77. The molecule has 3 nitrogen and oxygen atoms in total. The molecule has 0 heterocycles. The summed E-state index contributed by atoms with van der Waals surface area (Å²) in [5.41, 5.74) is -0.265. The summed E-state index contributed by atoms with van der Waals surface area (Å²) in [6, 6.07) is 3.71. The van der Waals surface area contributed by atoms with Crippen molar-refractivity contribution in [2.24, 2.45) is 0 Å². The molecular weight excluding hydrogens is 251 g/mol. The first-order chi connectivity index (χ1) is 8.06. The second kappa shape index (κ2) is 6.06. The van der Waals surface area contributed by atoms with Crippen LogP contribution >= 0.6 is 12.2 Å². The number of rotatable bonds is 3. The molecule has 1 aromatic rings. The van der Waals surface area contributed by atoms with Crippen LogP contribution in [0.4, 0.5) is 18.9 Å². The third kappa shape index (κ3) is 3.60. The predicted octanol–water partition coefficient (Wildman–Crippen LogP) is 2.30. The lowest BCUT2D eigenvalue weighted by molar-refractivity contribution is 0.449. The van der Waals surface area contributed by atoms with Crippen molar-refractivity contribution in [3.8, 4) is 6.07 Å². The van der Waals surface area contributed by atoms with E-state index in [0.717, 1.165) is 12.1 Å². The second-order valence-corrected chi connectivity index (χ2v) is 3.42. The molecule has 0 aliphatic carbocycles. The highest BCUT2D eigenvalue weighted by molar-refractivity contribution is 7.80. The Bertz CT molecular complexity index is 471. The van der Waals surface area contributed by atoms with Crippen LogP contribution in [0.2, 0.25) is 0 Å². The van der Waals surface area contributed by atoms with E-state index in [1.807, 2.05) is 6.07 Å². The Hall–Kier alpha value is -1.81. The van der Waals surface area contributed by atoms with Crippen LogP contribution in [0.25, 0.3) is 0 Å². The number of nitrogens with zero attached hydrogens (tertiary/aromatic N) is 1. The maximum absolute atomic E-state index is 13.2. The van der Waals surface area contributed by atoms with E-state index in [4.69, 9.17) is 17.5 Å². The monoisotopic (exact) mass is 259 g/mol. The molecule has 1 aromatic carbocycles. The SMILES string of the molecule is N#CCCNC(=S)Nc1ccc(F)c(F)c1F. The Kier molecular flexibility index (Phi) is 4.72. The van der Waals surface area contributed by atoms with Gasteiger partial charge in [-0.1, -0.05) is 0 Å². The molecule has 0 atom stereocenters. The number of hydrogen-bond donors (Lipinski definition) is 2. The van der Waals surface area contributed by atoms with Gasteiger partial charge in [-0.2, -0.15) is 5.26 Å². The van der Waals surface area contributed by atoms with Gasteiger partial charge in [-0.05, 0) is 24.4 Å². The van der Waals surface area contributed by atoms with E-state index in [1.54, 1.807) is 0 Å². The van der Waals surface area contributed by atoms with Crippen molar-refractivity contribution in [2.45, 2.75) is 6.42 Å². The normalized spacial score (nSPS) is 9.53. The first-order valence-corrected chi connectivity index (χ1v) is 5.02. The molecule has 0 unspecified atom stereocenters. The standard InChI is InChI=1S/C10H8F3N3S/c11-6-2-3-7(9(13)8(6)12)16-10(17)15-5-1-4-14/h2-3H,1,5H2,(H2,15,16,17). The highest BCUT2D eigenvalue weighted by Gasteiger charge is 2.13. The van der Waals surface area contributed by atoms with Crippen LogP contribution < -0.4 is 10.6 Å². The van der Waals surface area contributed by atoms with Crippen molar-refractivity contribution < 1.29 is 13.2 Å². The Balaban J connectivity index is 2.66. The van der Waals surface area contributed by atoms with Crippen LogP contribution in [0.5, 0.6) is 0 Å². The van der Waals surface area contributed by atoms with Gasteiger partial charge in [0.25, 0.3) is 0 Å². The third-order valence-electron chi connectivity index (χ3n) is 1.81. The summed E-state index contributed by atoms with van der Waals surface area (Å²) in [4.78, 5) is 0. The highest BCUT2D eigenvalue weighted by Crippen LogP contribution is 2.19. The number of hydrogen-bond acceptors (Lipinski definition) is 2. The predicted molar refractivity (Wildman–Crippen MR) is 60.8 cm³/mol. The van der Waals surface area contributed by atoms with E-state index < -0.39 is 17.5 Å². The smallest absolute Gasteiger partial charge is 0.196 e. The minimum Gasteiger partial charge on any atom is -0.361 e. The molecule has 0 radical (unpaired) electrons. The zero-order valence-electron chi connectivity index (χ0n) is 8.56. The molecule has 0 aromatic heterocycles. The van der Waals surface area contributed by atoms with E-state index in [2.05, 4.69) is 10.6 Å². The number of nitriles is 1. The van der Waals surface area contributed by atoms with Crippen molar-refractivity contribution in [1.29, 1.82) is 5.26 Å². The Morgan fingerprint density at radius 1 is 1.29 bits per heavy atom. The first-order valence-electron chi connectivity index (χ1n) is 4.61. The molecule has 0 saturated heterocycles. The summed E-state index contributed by atoms with van der Waals surface area (Å²) in [7, 11) is 0. The van der Waals surface area contributed by atoms with Gasteiger partial charge < -0.3 is 10.6 Å². The van der Waals surface area contributed by atoms with Crippen molar-refractivity contribution in [3.63, 3.8) is 0 Å². The van der Waals surface area contributed by atoms with Crippen molar-refractivity contribution in [2.75, 3.05) is 11.9 Å². The molecule has 0 amide bonds. The largest absolute Gasteiger partial charge is 0.361 e. The number of benzene rings is 1. The van der Waals surface area contributed by atoms with Crippen LogP contribution in [0.15, 0.2) is 12.1 Å². The number of nitrogens with one attached hydrogen (secondary N) is 2. The van der Waals surface area contributed by atoms with Gasteiger partial charge in [0, 0.05) is 6.54 Å². The fourth-order valence-electron chi connectivity index (χ4n) is 1.02.